The lowest BCUT2D eigenvalue weighted by molar-refractivity contribution is -0.862. The molecule has 1 aromatic heterocycles. The summed E-state index contributed by atoms with van der Waals surface area (Å²) in [4.78, 5) is 29.5. The Morgan fingerprint density at radius 1 is 1.35 bits per heavy atom. The monoisotopic (exact) mass is 319 g/mol. The molecule has 0 spiro atoms. The fourth-order valence-electron chi connectivity index (χ4n) is 1.44. The first-order valence-electron chi connectivity index (χ1n) is 5.92. The summed E-state index contributed by atoms with van der Waals surface area (Å²) in [5, 5.41) is 3.25. The number of carbonyl (C=O) groups is 2. The summed E-state index contributed by atoms with van der Waals surface area (Å²) in [6.07, 6.45) is 1.40. The Hall–Kier alpha value is -1.37. The Labute approximate surface area is 127 Å². The molecule has 1 unspecified atom stereocenters. The first-order valence-corrected chi connectivity index (χ1v) is 6.67. The minimum atomic E-state index is -0.272. The standard InChI is InChI=1S/C12H16Cl2N4O2/c1-17(2)11(20)7-18(3)6-10(19)16-12-9(14)4-8(13)5-15-12/h4-5H,6-7H2,1-3H3,(H,15,16,19)/p+1. The average molecular weight is 320 g/mol. The molecule has 0 aromatic carbocycles. The lowest BCUT2D eigenvalue weighted by Crippen LogP contribution is -3.11. The largest absolute Gasteiger partial charge is 0.344 e. The normalized spacial score (nSPS) is 11.8. The summed E-state index contributed by atoms with van der Waals surface area (Å²) < 4.78 is 0. The molecule has 1 aromatic rings. The number of anilines is 1. The van der Waals surface area contributed by atoms with Gasteiger partial charge in [-0.15, -0.1) is 0 Å². The molecule has 6 nitrogen and oxygen atoms in total. The van der Waals surface area contributed by atoms with Gasteiger partial charge in [-0.05, 0) is 6.07 Å². The van der Waals surface area contributed by atoms with Gasteiger partial charge in [0.2, 0.25) is 0 Å². The molecule has 0 bridgehead atoms. The summed E-state index contributed by atoms with van der Waals surface area (Å²) in [6, 6.07) is 1.50. The van der Waals surface area contributed by atoms with E-state index in [9.17, 15) is 9.59 Å². The lowest BCUT2D eigenvalue weighted by Gasteiger charge is -2.16. The molecule has 8 heteroatoms. The summed E-state index contributed by atoms with van der Waals surface area (Å²) in [6.45, 7) is 0.377. The third-order valence-electron chi connectivity index (χ3n) is 2.48. The number of carbonyl (C=O) groups excluding carboxylic acids is 2. The van der Waals surface area contributed by atoms with E-state index in [1.165, 1.54) is 17.2 Å². The number of halogens is 2. The molecule has 20 heavy (non-hydrogen) atoms. The van der Waals surface area contributed by atoms with Crippen molar-refractivity contribution in [3.8, 4) is 0 Å². The predicted octanol–water partition coefficient (Wildman–Crippen LogP) is -0.0702. The van der Waals surface area contributed by atoms with Gasteiger partial charge < -0.3 is 15.1 Å². The highest BCUT2D eigenvalue weighted by atomic mass is 35.5. The fourth-order valence-corrected chi connectivity index (χ4v) is 1.86. The van der Waals surface area contributed by atoms with Crippen molar-refractivity contribution in [2.75, 3.05) is 39.5 Å². The molecule has 0 aliphatic carbocycles. The number of hydrogen-bond acceptors (Lipinski definition) is 3. The van der Waals surface area contributed by atoms with Gasteiger partial charge in [-0.2, -0.15) is 0 Å². The van der Waals surface area contributed by atoms with Gasteiger partial charge >= 0.3 is 0 Å². The van der Waals surface area contributed by atoms with Crippen LogP contribution < -0.4 is 10.2 Å². The van der Waals surface area contributed by atoms with Gasteiger partial charge in [0.05, 0.1) is 17.1 Å². The molecule has 0 radical (unpaired) electrons. The van der Waals surface area contributed by atoms with E-state index >= 15 is 0 Å². The van der Waals surface area contributed by atoms with E-state index in [4.69, 9.17) is 23.2 Å². The van der Waals surface area contributed by atoms with Crippen LogP contribution in [-0.4, -0.2) is 55.9 Å². The quantitative estimate of drug-likeness (QED) is 0.798. The van der Waals surface area contributed by atoms with Crippen molar-refractivity contribution in [2.45, 2.75) is 0 Å². The SMILES string of the molecule is CN(C)C(=O)C[NH+](C)CC(=O)Nc1ncc(Cl)cc1Cl. The molecule has 0 fully saturated rings. The van der Waals surface area contributed by atoms with Crippen molar-refractivity contribution in [1.82, 2.24) is 9.88 Å². The Morgan fingerprint density at radius 2 is 2.00 bits per heavy atom. The lowest BCUT2D eigenvalue weighted by atomic mass is 10.4. The number of nitrogens with zero attached hydrogens (tertiary/aromatic N) is 2. The van der Waals surface area contributed by atoms with Crippen LogP contribution in [0.3, 0.4) is 0 Å². The van der Waals surface area contributed by atoms with E-state index in [0.717, 1.165) is 4.90 Å². The van der Waals surface area contributed by atoms with Gasteiger partial charge in [0, 0.05) is 20.3 Å². The average Bonchev–Trinajstić information content (AvgIpc) is 2.32. The minimum absolute atomic E-state index is 0.0436. The Morgan fingerprint density at radius 3 is 2.55 bits per heavy atom. The maximum Gasteiger partial charge on any atom is 0.280 e. The Balaban J connectivity index is 2.53. The first kappa shape index (κ1) is 16.7. The Bertz CT molecular complexity index is 508. The molecular formula is C12H17Cl2N4O2+. The second-order valence-corrected chi connectivity index (χ2v) is 5.47. The summed E-state index contributed by atoms with van der Waals surface area (Å²) in [7, 11) is 5.11. The third kappa shape index (κ3) is 5.32. The molecule has 0 aliphatic heterocycles. The van der Waals surface area contributed by atoms with Gasteiger partial charge in [0.25, 0.3) is 11.8 Å². The smallest absolute Gasteiger partial charge is 0.280 e. The summed E-state index contributed by atoms with van der Waals surface area (Å²) >= 11 is 11.6. The number of rotatable bonds is 5. The zero-order valence-electron chi connectivity index (χ0n) is 11.5. The van der Waals surface area contributed by atoms with Crippen LogP contribution in [0.2, 0.25) is 10.0 Å². The number of quaternary nitrogens is 1. The Kier molecular flexibility index (Phi) is 6.19. The zero-order valence-corrected chi connectivity index (χ0v) is 13.0. The number of pyridine rings is 1. The van der Waals surface area contributed by atoms with Crippen molar-refractivity contribution >= 4 is 40.8 Å². The number of nitrogens with one attached hydrogen (secondary N) is 2. The van der Waals surface area contributed by atoms with Crippen LogP contribution in [-0.2, 0) is 9.59 Å². The van der Waals surface area contributed by atoms with Crippen molar-refractivity contribution in [3.63, 3.8) is 0 Å². The third-order valence-corrected chi connectivity index (χ3v) is 2.97. The van der Waals surface area contributed by atoms with Crippen molar-refractivity contribution in [1.29, 1.82) is 0 Å². The van der Waals surface area contributed by atoms with E-state index in [1.807, 2.05) is 0 Å². The van der Waals surface area contributed by atoms with Crippen LogP contribution >= 0.6 is 23.2 Å². The highest BCUT2D eigenvalue weighted by Crippen LogP contribution is 2.22. The number of amides is 2. The van der Waals surface area contributed by atoms with Crippen LogP contribution in [0.4, 0.5) is 5.82 Å². The second-order valence-electron chi connectivity index (χ2n) is 4.63. The predicted molar refractivity (Wildman–Crippen MR) is 78.2 cm³/mol. The zero-order chi connectivity index (χ0) is 15.3. The van der Waals surface area contributed by atoms with Crippen molar-refractivity contribution < 1.29 is 14.5 Å². The van der Waals surface area contributed by atoms with E-state index < -0.39 is 0 Å². The van der Waals surface area contributed by atoms with Crippen LogP contribution in [0.15, 0.2) is 12.3 Å². The molecule has 0 saturated heterocycles. The first-order chi connectivity index (χ1) is 9.29. The minimum Gasteiger partial charge on any atom is -0.344 e. The van der Waals surface area contributed by atoms with Gasteiger partial charge in [-0.3, -0.25) is 9.59 Å². The molecule has 0 aliphatic rings. The van der Waals surface area contributed by atoms with Crippen molar-refractivity contribution in [3.05, 3.63) is 22.3 Å². The van der Waals surface area contributed by atoms with Gasteiger partial charge in [0.15, 0.2) is 18.9 Å². The van der Waals surface area contributed by atoms with Gasteiger partial charge in [0.1, 0.15) is 0 Å². The molecule has 2 amide bonds. The van der Waals surface area contributed by atoms with E-state index in [1.54, 1.807) is 21.1 Å². The number of hydrogen-bond donors (Lipinski definition) is 2. The van der Waals surface area contributed by atoms with E-state index in [0.29, 0.717) is 5.02 Å². The van der Waals surface area contributed by atoms with Crippen LogP contribution in [0, 0.1) is 0 Å². The number of aromatic nitrogens is 1. The van der Waals surface area contributed by atoms with Gasteiger partial charge in [-0.25, -0.2) is 4.98 Å². The molecule has 1 heterocycles. The maximum absolute atomic E-state index is 11.8. The topological polar surface area (TPSA) is 66.7 Å². The summed E-state index contributed by atoms with van der Waals surface area (Å²) in [5.74, 6) is -0.0588. The van der Waals surface area contributed by atoms with Crippen LogP contribution in [0.5, 0.6) is 0 Å². The molecule has 0 saturated carbocycles. The highest BCUT2D eigenvalue weighted by molar-refractivity contribution is 6.36. The fraction of sp³-hybridized carbons (Fsp3) is 0.417. The van der Waals surface area contributed by atoms with Crippen LogP contribution in [0.1, 0.15) is 0 Å². The maximum atomic E-state index is 11.8. The van der Waals surface area contributed by atoms with Crippen molar-refractivity contribution in [2.24, 2.45) is 0 Å². The highest BCUT2D eigenvalue weighted by Gasteiger charge is 2.16. The van der Waals surface area contributed by atoms with Crippen LogP contribution in [0.25, 0.3) is 0 Å². The second kappa shape index (κ2) is 7.42. The van der Waals surface area contributed by atoms with E-state index in [2.05, 4.69) is 10.3 Å². The van der Waals surface area contributed by atoms with E-state index in [-0.39, 0.29) is 35.7 Å². The number of likely N-dealkylation sites (N-methyl/N-ethyl adjacent to an activating group) is 2. The molecular weight excluding hydrogens is 303 g/mol. The summed E-state index contributed by atoms with van der Waals surface area (Å²) in [5.41, 5.74) is 0. The molecule has 1 atom stereocenters. The molecule has 110 valence electrons. The molecule has 2 N–H and O–H groups in total. The van der Waals surface area contributed by atoms with Gasteiger partial charge in [-0.1, -0.05) is 23.2 Å². The molecule has 1 rings (SSSR count).